The zero-order valence-corrected chi connectivity index (χ0v) is 14.4. The molecule has 1 aliphatic rings. The molecule has 1 heterocycles. The highest BCUT2D eigenvalue weighted by molar-refractivity contribution is 6.33. The number of hydrogen-bond donors (Lipinski definition) is 2. The van der Waals surface area contributed by atoms with Gasteiger partial charge in [-0.3, -0.25) is 14.6 Å². The van der Waals surface area contributed by atoms with Gasteiger partial charge in [-0.1, -0.05) is 23.2 Å². The van der Waals surface area contributed by atoms with Gasteiger partial charge in [0, 0.05) is 35.7 Å². The fraction of sp³-hybridized carbons (Fsp3) is 0.500. The Labute approximate surface area is 145 Å². The summed E-state index contributed by atoms with van der Waals surface area (Å²) in [6, 6.07) is 5.10. The molecule has 124 valence electrons. The number of aliphatic carboxylic acids is 1. The highest BCUT2D eigenvalue weighted by Gasteiger charge is 2.34. The lowest BCUT2D eigenvalue weighted by Crippen LogP contribution is -2.43. The highest BCUT2D eigenvalue weighted by atomic mass is 35.5. The Morgan fingerprint density at radius 2 is 2.09 bits per heavy atom. The average Bonchev–Trinajstić information content (AvgIpc) is 2.74. The molecular formula is C14H19Cl3N2O3. The van der Waals surface area contributed by atoms with E-state index in [2.05, 4.69) is 0 Å². The Balaban J connectivity index is 0.00000242. The van der Waals surface area contributed by atoms with E-state index in [1.807, 2.05) is 11.0 Å². The molecule has 1 aromatic rings. The Morgan fingerprint density at radius 1 is 1.41 bits per heavy atom. The SMILES string of the molecule is CN(CC(=O)O)C1CN(Cc2cc(Cl)ccc2Cl)C[C@H]1O.Cl. The Morgan fingerprint density at radius 3 is 2.73 bits per heavy atom. The molecule has 0 spiro atoms. The standard InChI is InChI=1S/C14H18Cl2N2O3.ClH/c1-17(8-14(20)21)12-6-18(7-13(12)19)5-9-4-10(15)2-3-11(9)16;/h2-4,12-13,19H,5-8H2,1H3,(H,20,21);1H/t12?,13-;/m1./s1. The molecule has 2 atom stereocenters. The van der Waals surface area contributed by atoms with E-state index in [-0.39, 0.29) is 25.0 Å². The smallest absolute Gasteiger partial charge is 0.317 e. The van der Waals surface area contributed by atoms with Crippen molar-refractivity contribution in [1.82, 2.24) is 9.80 Å². The van der Waals surface area contributed by atoms with E-state index in [0.717, 1.165) is 5.56 Å². The van der Waals surface area contributed by atoms with Gasteiger partial charge in [0.1, 0.15) is 0 Å². The number of β-amino-alcohol motifs (C(OH)–C–C–N with tert-alkyl or cyclic N) is 1. The predicted octanol–water partition coefficient (Wildman–Crippen LogP) is 1.98. The maximum atomic E-state index is 10.8. The van der Waals surface area contributed by atoms with Crippen molar-refractivity contribution in [3.63, 3.8) is 0 Å². The van der Waals surface area contributed by atoms with Crippen LogP contribution in [0.25, 0.3) is 0 Å². The van der Waals surface area contributed by atoms with Gasteiger partial charge in [0.15, 0.2) is 0 Å². The van der Waals surface area contributed by atoms with Crippen molar-refractivity contribution < 1.29 is 15.0 Å². The largest absolute Gasteiger partial charge is 0.480 e. The Bertz CT molecular complexity index is 530. The van der Waals surface area contributed by atoms with Gasteiger partial charge in [-0.2, -0.15) is 0 Å². The maximum absolute atomic E-state index is 10.8. The minimum atomic E-state index is -0.902. The van der Waals surface area contributed by atoms with Crippen LogP contribution in [-0.2, 0) is 11.3 Å². The molecule has 0 saturated carbocycles. The molecule has 1 saturated heterocycles. The molecule has 2 rings (SSSR count). The van der Waals surface area contributed by atoms with E-state index in [1.165, 1.54) is 0 Å². The summed E-state index contributed by atoms with van der Waals surface area (Å²) in [4.78, 5) is 14.5. The molecule has 0 aliphatic carbocycles. The van der Waals surface area contributed by atoms with E-state index in [1.54, 1.807) is 24.1 Å². The van der Waals surface area contributed by atoms with Crippen molar-refractivity contribution in [2.75, 3.05) is 26.7 Å². The molecule has 8 heteroatoms. The number of aliphatic hydroxyl groups is 1. The number of carbonyl (C=O) groups is 1. The summed E-state index contributed by atoms with van der Waals surface area (Å²) < 4.78 is 0. The topological polar surface area (TPSA) is 64.0 Å². The second kappa shape index (κ2) is 8.34. The van der Waals surface area contributed by atoms with Gasteiger partial charge in [-0.15, -0.1) is 12.4 Å². The summed E-state index contributed by atoms with van der Waals surface area (Å²) in [5, 5.41) is 20.2. The van der Waals surface area contributed by atoms with E-state index in [0.29, 0.717) is 29.7 Å². The van der Waals surface area contributed by atoms with Crippen molar-refractivity contribution in [3.05, 3.63) is 33.8 Å². The molecule has 0 aromatic heterocycles. The van der Waals surface area contributed by atoms with Crippen LogP contribution in [0.4, 0.5) is 0 Å². The van der Waals surface area contributed by atoms with Gasteiger partial charge in [0.2, 0.25) is 0 Å². The first-order chi connectivity index (χ1) is 9.86. The van der Waals surface area contributed by atoms with Crippen LogP contribution >= 0.6 is 35.6 Å². The number of halogens is 3. The molecule has 2 N–H and O–H groups in total. The van der Waals surface area contributed by atoms with Crippen LogP contribution in [0.2, 0.25) is 10.0 Å². The van der Waals surface area contributed by atoms with Crippen molar-refractivity contribution >= 4 is 41.6 Å². The summed E-state index contributed by atoms with van der Waals surface area (Å²) >= 11 is 12.1. The van der Waals surface area contributed by atoms with Crippen LogP contribution in [0.3, 0.4) is 0 Å². The second-order valence-corrected chi connectivity index (χ2v) is 6.22. The van der Waals surface area contributed by atoms with Crippen molar-refractivity contribution in [2.24, 2.45) is 0 Å². The summed E-state index contributed by atoms with van der Waals surface area (Å²) in [6.07, 6.45) is -0.577. The number of rotatable bonds is 5. The predicted molar refractivity (Wildman–Crippen MR) is 89.0 cm³/mol. The number of nitrogens with zero attached hydrogens (tertiary/aromatic N) is 2. The minimum Gasteiger partial charge on any atom is -0.480 e. The lowest BCUT2D eigenvalue weighted by molar-refractivity contribution is -0.138. The number of hydrogen-bond acceptors (Lipinski definition) is 4. The maximum Gasteiger partial charge on any atom is 0.317 e. The first-order valence-corrected chi connectivity index (χ1v) is 7.39. The second-order valence-electron chi connectivity index (χ2n) is 5.37. The third-order valence-electron chi connectivity index (χ3n) is 3.69. The molecule has 0 bridgehead atoms. The summed E-state index contributed by atoms with van der Waals surface area (Å²) in [7, 11) is 1.71. The van der Waals surface area contributed by atoms with Gasteiger partial charge in [-0.25, -0.2) is 0 Å². The third-order valence-corrected chi connectivity index (χ3v) is 4.29. The number of likely N-dealkylation sites (tertiary alicyclic amines) is 1. The van der Waals surface area contributed by atoms with Crippen molar-refractivity contribution in [1.29, 1.82) is 0 Å². The Hall–Kier alpha value is -0.560. The van der Waals surface area contributed by atoms with E-state index in [4.69, 9.17) is 28.3 Å². The molecule has 5 nitrogen and oxygen atoms in total. The molecule has 1 fully saturated rings. The zero-order valence-electron chi connectivity index (χ0n) is 12.1. The van der Waals surface area contributed by atoms with Crippen LogP contribution in [0.5, 0.6) is 0 Å². The monoisotopic (exact) mass is 368 g/mol. The van der Waals surface area contributed by atoms with Crippen LogP contribution < -0.4 is 0 Å². The fourth-order valence-electron chi connectivity index (χ4n) is 2.65. The summed E-state index contributed by atoms with van der Waals surface area (Å²) in [6.45, 7) is 1.56. The van der Waals surface area contributed by atoms with Gasteiger partial charge < -0.3 is 10.2 Å². The van der Waals surface area contributed by atoms with Crippen LogP contribution in [0.15, 0.2) is 18.2 Å². The lowest BCUT2D eigenvalue weighted by Gasteiger charge is -2.24. The molecule has 0 radical (unpaired) electrons. The molecular weight excluding hydrogens is 351 g/mol. The fourth-order valence-corrected chi connectivity index (χ4v) is 3.02. The first kappa shape index (κ1) is 19.5. The van der Waals surface area contributed by atoms with E-state index < -0.39 is 12.1 Å². The van der Waals surface area contributed by atoms with Gasteiger partial charge >= 0.3 is 5.97 Å². The zero-order chi connectivity index (χ0) is 15.6. The van der Waals surface area contributed by atoms with Crippen molar-refractivity contribution in [3.8, 4) is 0 Å². The number of carboxylic acid groups (broad SMARTS) is 1. The highest BCUT2D eigenvalue weighted by Crippen LogP contribution is 2.24. The number of benzene rings is 1. The molecule has 0 amide bonds. The summed E-state index contributed by atoms with van der Waals surface area (Å²) in [5.41, 5.74) is 0.901. The third kappa shape index (κ3) is 4.98. The molecule has 1 aliphatic heterocycles. The minimum absolute atomic E-state index is 0. The van der Waals surface area contributed by atoms with Crippen LogP contribution in [0, 0.1) is 0 Å². The summed E-state index contributed by atoms with van der Waals surface area (Å²) in [5.74, 6) is -0.902. The van der Waals surface area contributed by atoms with Crippen LogP contribution in [-0.4, -0.2) is 64.8 Å². The average molecular weight is 370 g/mol. The van der Waals surface area contributed by atoms with E-state index >= 15 is 0 Å². The lowest BCUT2D eigenvalue weighted by atomic mass is 10.2. The van der Waals surface area contributed by atoms with Crippen LogP contribution in [0.1, 0.15) is 5.56 Å². The van der Waals surface area contributed by atoms with Gasteiger partial charge in [-0.05, 0) is 30.8 Å². The number of likely N-dealkylation sites (N-methyl/N-ethyl adjacent to an activating group) is 1. The Kier molecular flexibility index (Phi) is 7.38. The number of aliphatic hydroxyl groups excluding tert-OH is 1. The normalized spacial score (nSPS) is 21.9. The van der Waals surface area contributed by atoms with Crippen molar-refractivity contribution in [2.45, 2.75) is 18.7 Å². The van der Waals surface area contributed by atoms with Gasteiger partial charge in [0.05, 0.1) is 12.6 Å². The number of carboxylic acids is 1. The molecule has 1 aromatic carbocycles. The first-order valence-electron chi connectivity index (χ1n) is 6.63. The van der Waals surface area contributed by atoms with E-state index in [9.17, 15) is 9.90 Å². The quantitative estimate of drug-likeness (QED) is 0.831. The van der Waals surface area contributed by atoms with Gasteiger partial charge in [0.25, 0.3) is 0 Å². The molecule has 1 unspecified atom stereocenters. The molecule has 22 heavy (non-hydrogen) atoms.